The van der Waals surface area contributed by atoms with Crippen LogP contribution in [-0.4, -0.2) is 17.1 Å². The van der Waals surface area contributed by atoms with Crippen LogP contribution in [0.15, 0.2) is 28.2 Å². The maximum absolute atomic E-state index is 12.3. The van der Waals surface area contributed by atoms with Gasteiger partial charge in [-0.3, -0.25) is 4.79 Å². The molecule has 2 atom stereocenters. The lowest BCUT2D eigenvalue weighted by Crippen LogP contribution is -2.41. The number of nitrogens with zero attached hydrogens (tertiary/aromatic N) is 1. The van der Waals surface area contributed by atoms with Crippen molar-refractivity contribution in [2.45, 2.75) is 38.6 Å². The second-order valence-corrected chi connectivity index (χ2v) is 6.63. The highest BCUT2D eigenvalue weighted by molar-refractivity contribution is 9.10. The van der Waals surface area contributed by atoms with E-state index < -0.39 is 0 Å². The zero-order chi connectivity index (χ0) is 16.1. The van der Waals surface area contributed by atoms with Crippen molar-refractivity contribution in [3.05, 3.63) is 33.8 Å². The predicted octanol–water partition coefficient (Wildman–Crippen LogP) is 3.76. The molecule has 1 aliphatic carbocycles. The maximum atomic E-state index is 12.3. The number of phenols is 1. The molecule has 0 aliphatic heterocycles. The molecule has 0 bridgehead atoms. The smallest absolute Gasteiger partial charge is 0.262 e. The van der Waals surface area contributed by atoms with Gasteiger partial charge in [-0.25, -0.2) is 0 Å². The average molecular weight is 363 g/mol. The third-order valence-corrected chi connectivity index (χ3v) is 4.58. The van der Waals surface area contributed by atoms with E-state index in [1.807, 2.05) is 6.07 Å². The summed E-state index contributed by atoms with van der Waals surface area (Å²) >= 11 is 3.31. The van der Waals surface area contributed by atoms with E-state index in [0.717, 1.165) is 23.7 Å². The molecule has 22 heavy (non-hydrogen) atoms. The number of aromatic hydroxyl groups is 1. The van der Waals surface area contributed by atoms with Crippen molar-refractivity contribution in [3.63, 3.8) is 0 Å². The number of rotatable bonds is 3. The Kier molecular flexibility index (Phi) is 5.62. The minimum absolute atomic E-state index is 0.00572. The Hall–Kier alpha value is -1.80. The predicted molar refractivity (Wildman–Crippen MR) is 89.0 cm³/mol. The van der Waals surface area contributed by atoms with Gasteiger partial charge < -0.3 is 10.4 Å². The van der Waals surface area contributed by atoms with E-state index in [1.54, 1.807) is 12.1 Å². The maximum Gasteiger partial charge on any atom is 0.262 e. The molecule has 0 unspecified atom stereocenters. The molecule has 1 fully saturated rings. The molecule has 1 aromatic rings. The molecule has 1 aliphatic rings. The number of hydrogen-bond acceptors (Lipinski definition) is 3. The molecular formula is C17H19BrN2O2. The summed E-state index contributed by atoms with van der Waals surface area (Å²) in [5.41, 5.74) is 0.448. The Morgan fingerprint density at radius 3 is 2.86 bits per heavy atom. The molecule has 0 heterocycles. The number of benzene rings is 1. The molecule has 116 valence electrons. The van der Waals surface area contributed by atoms with E-state index >= 15 is 0 Å². The van der Waals surface area contributed by atoms with Gasteiger partial charge in [-0.05, 0) is 43.0 Å². The Morgan fingerprint density at radius 1 is 1.45 bits per heavy atom. The second kappa shape index (κ2) is 7.46. The van der Waals surface area contributed by atoms with Gasteiger partial charge >= 0.3 is 0 Å². The molecule has 1 saturated carbocycles. The molecule has 1 amide bonds. The van der Waals surface area contributed by atoms with E-state index in [0.29, 0.717) is 11.5 Å². The van der Waals surface area contributed by atoms with Crippen molar-refractivity contribution < 1.29 is 9.90 Å². The highest BCUT2D eigenvalue weighted by atomic mass is 79.9. The van der Waals surface area contributed by atoms with Gasteiger partial charge in [0.15, 0.2) is 0 Å². The van der Waals surface area contributed by atoms with Gasteiger partial charge in [-0.1, -0.05) is 35.7 Å². The fraction of sp³-hybridized carbons (Fsp3) is 0.412. The standard InChI is InChI=1S/C17H19BrN2O2/c1-11-4-2-3-5-15(11)20-17(22)13(10-19)8-12-9-14(18)6-7-16(12)21/h6-9,11,15,21H,2-5H2,1H3,(H,20,22)/b13-8+/t11-,15+/m0/s1. The monoisotopic (exact) mass is 362 g/mol. The number of carbonyl (C=O) groups is 1. The topological polar surface area (TPSA) is 73.1 Å². The van der Waals surface area contributed by atoms with Crippen LogP contribution in [0.5, 0.6) is 5.75 Å². The summed E-state index contributed by atoms with van der Waals surface area (Å²) in [6.45, 7) is 2.13. The number of hydrogen-bond donors (Lipinski definition) is 2. The molecule has 2 N–H and O–H groups in total. The van der Waals surface area contributed by atoms with E-state index in [9.17, 15) is 15.2 Å². The number of carbonyl (C=O) groups excluding carboxylic acids is 1. The first-order chi connectivity index (χ1) is 10.5. The van der Waals surface area contributed by atoms with E-state index in [4.69, 9.17) is 0 Å². The minimum Gasteiger partial charge on any atom is -0.507 e. The fourth-order valence-electron chi connectivity index (χ4n) is 2.72. The molecule has 0 spiro atoms. The number of nitrogens with one attached hydrogen (secondary N) is 1. The highest BCUT2D eigenvalue weighted by Gasteiger charge is 2.24. The van der Waals surface area contributed by atoms with Crippen LogP contribution in [0.3, 0.4) is 0 Å². The van der Waals surface area contributed by atoms with Crippen molar-refractivity contribution in [1.82, 2.24) is 5.32 Å². The lowest BCUT2D eigenvalue weighted by molar-refractivity contribution is -0.118. The van der Waals surface area contributed by atoms with Crippen LogP contribution in [0.1, 0.15) is 38.2 Å². The van der Waals surface area contributed by atoms with Crippen LogP contribution in [0, 0.1) is 17.2 Å². The zero-order valence-corrected chi connectivity index (χ0v) is 14.1. The van der Waals surface area contributed by atoms with Gasteiger partial charge in [0.1, 0.15) is 17.4 Å². The van der Waals surface area contributed by atoms with Gasteiger partial charge in [-0.15, -0.1) is 0 Å². The molecule has 0 aromatic heterocycles. The summed E-state index contributed by atoms with van der Waals surface area (Å²) in [6.07, 6.45) is 5.77. The molecular weight excluding hydrogens is 344 g/mol. The number of phenolic OH excluding ortho intramolecular Hbond substituents is 1. The summed E-state index contributed by atoms with van der Waals surface area (Å²) in [5.74, 6) is 0.0901. The van der Waals surface area contributed by atoms with Gasteiger partial charge in [0, 0.05) is 16.1 Å². The average Bonchev–Trinajstić information content (AvgIpc) is 2.50. The van der Waals surface area contributed by atoms with Gasteiger partial charge in [0.25, 0.3) is 5.91 Å². The van der Waals surface area contributed by atoms with Crippen LogP contribution in [-0.2, 0) is 4.79 Å². The van der Waals surface area contributed by atoms with Gasteiger partial charge in [0.05, 0.1) is 0 Å². The summed E-state index contributed by atoms with van der Waals surface area (Å²) in [7, 11) is 0. The zero-order valence-electron chi connectivity index (χ0n) is 12.5. The van der Waals surface area contributed by atoms with E-state index in [1.165, 1.54) is 18.6 Å². The summed E-state index contributed by atoms with van der Waals surface area (Å²) in [6, 6.07) is 6.93. The van der Waals surface area contributed by atoms with Crippen LogP contribution in [0.4, 0.5) is 0 Å². The number of nitriles is 1. The van der Waals surface area contributed by atoms with Crippen molar-refractivity contribution in [3.8, 4) is 11.8 Å². The minimum atomic E-state index is -0.374. The van der Waals surface area contributed by atoms with Crippen molar-refractivity contribution in [1.29, 1.82) is 5.26 Å². The van der Waals surface area contributed by atoms with Crippen molar-refractivity contribution >= 4 is 27.9 Å². The Bertz CT molecular complexity index is 634. The summed E-state index contributed by atoms with van der Waals surface area (Å²) in [5, 5.41) is 22.0. The normalized spacial score (nSPS) is 22.0. The Morgan fingerprint density at radius 2 is 2.18 bits per heavy atom. The quantitative estimate of drug-likeness (QED) is 0.635. The van der Waals surface area contributed by atoms with Gasteiger partial charge in [-0.2, -0.15) is 5.26 Å². The lowest BCUT2D eigenvalue weighted by Gasteiger charge is -2.29. The second-order valence-electron chi connectivity index (χ2n) is 5.71. The summed E-state index contributed by atoms with van der Waals surface area (Å²) < 4.78 is 0.773. The largest absolute Gasteiger partial charge is 0.507 e. The van der Waals surface area contributed by atoms with Crippen LogP contribution < -0.4 is 5.32 Å². The number of halogens is 1. The first-order valence-electron chi connectivity index (χ1n) is 7.42. The third-order valence-electron chi connectivity index (χ3n) is 4.08. The Balaban J connectivity index is 2.16. The third kappa shape index (κ3) is 4.11. The van der Waals surface area contributed by atoms with Crippen LogP contribution in [0.25, 0.3) is 6.08 Å². The first-order valence-corrected chi connectivity index (χ1v) is 8.21. The molecule has 1 aromatic carbocycles. The molecule has 0 radical (unpaired) electrons. The van der Waals surface area contributed by atoms with Crippen LogP contribution in [0.2, 0.25) is 0 Å². The van der Waals surface area contributed by atoms with E-state index in [2.05, 4.69) is 28.2 Å². The number of amides is 1. The summed E-state index contributed by atoms with van der Waals surface area (Å²) in [4.78, 5) is 12.3. The Labute approximate surface area is 139 Å². The molecule has 2 rings (SSSR count). The molecule has 4 nitrogen and oxygen atoms in total. The SMILES string of the molecule is C[C@H]1CCCC[C@H]1NC(=O)/C(C#N)=C/c1cc(Br)ccc1O. The molecule has 5 heteroatoms. The van der Waals surface area contributed by atoms with Crippen molar-refractivity contribution in [2.24, 2.45) is 5.92 Å². The molecule has 0 saturated heterocycles. The van der Waals surface area contributed by atoms with E-state index in [-0.39, 0.29) is 23.3 Å². The fourth-order valence-corrected chi connectivity index (χ4v) is 3.10. The van der Waals surface area contributed by atoms with Gasteiger partial charge in [0.2, 0.25) is 0 Å². The van der Waals surface area contributed by atoms with Crippen LogP contribution >= 0.6 is 15.9 Å². The first kappa shape index (κ1) is 16.6. The van der Waals surface area contributed by atoms with Crippen molar-refractivity contribution in [2.75, 3.05) is 0 Å². The highest BCUT2D eigenvalue weighted by Crippen LogP contribution is 2.26. The lowest BCUT2D eigenvalue weighted by atomic mass is 9.86.